The van der Waals surface area contributed by atoms with Crippen molar-refractivity contribution >= 4 is 11.4 Å². The molecule has 168 valence electrons. The molecule has 2 unspecified atom stereocenters. The standard InChI is InChI=1S/C21H34FN3.C4H7N/c1-5-7-16(2)25-15-12-21(3,22)20-18(8-6-9-19(20)25)24-13-10-17(23-4)11-14-24;1-3-5-4-2/h6,8-9,16-17,23H,5,7,10-15H2,1-4H3;3-5H,1-2H2. The van der Waals surface area contributed by atoms with E-state index >= 15 is 4.39 Å². The molecule has 2 heterocycles. The monoisotopic (exact) mass is 416 g/mol. The molecule has 0 aliphatic carbocycles. The largest absolute Gasteiger partial charge is 0.371 e. The zero-order chi connectivity index (χ0) is 22.1. The first-order chi connectivity index (χ1) is 14.4. The molecule has 0 radical (unpaired) electrons. The third-order valence-corrected chi connectivity index (χ3v) is 6.39. The zero-order valence-electron chi connectivity index (χ0n) is 19.4. The summed E-state index contributed by atoms with van der Waals surface area (Å²) in [4.78, 5) is 4.84. The number of nitrogens with zero attached hydrogens (tertiary/aromatic N) is 2. The minimum Gasteiger partial charge on any atom is -0.371 e. The Kier molecular flexibility index (Phi) is 9.22. The van der Waals surface area contributed by atoms with Crippen molar-refractivity contribution in [1.82, 2.24) is 10.6 Å². The molecule has 4 nitrogen and oxygen atoms in total. The summed E-state index contributed by atoms with van der Waals surface area (Å²) in [5, 5.41) is 6.02. The van der Waals surface area contributed by atoms with Gasteiger partial charge in [0.05, 0.1) is 0 Å². The van der Waals surface area contributed by atoms with Crippen molar-refractivity contribution in [1.29, 1.82) is 0 Å². The summed E-state index contributed by atoms with van der Waals surface area (Å²) >= 11 is 0. The minimum absolute atomic E-state index is 0.463. The summed E-state index contributed by atoms with van der Waals surface area (Å²) < 4.78 is 15.6. The maximum atomic E-state index is 15.6. The third kappa shape index (κ3) is 5.78. The number of rotatable bonds is 7. The van der Waals surface area contributed by atoms with Crippen LogP contribution in [0.3, 0.4) is 0 Å². The first kappa shape index (κ1) is 24.3. The van der Waals surface area contributed by atoms with Crippen LogP contribution in [0, 0.1) is 0 Å². The van der Waals surface area contributed by atoms with Crippen LogP contribution >= 0.6 is 0 Å². The summed E-state index contributed by atoms with van der Waals surface area (Å²) in [6.07, 6.45) is 8.27. The highest BCUT2D eigenvalue weighted by Gasteiger charge is 2.39. The first-order valence-corrected chi connectivity index (χ1v) is 11.4. The average Bonchev–Trinajstić information content (AvgIpc) is 2.74. The quantitative estimate of drug-likeness (QED) is 0.630. The molecule has 1 saturated heterocycles. The van der Waals surface area contributed by atoms with Crippen LogP contribution < -0.4 is 20.4 Å². The van der Waals surface area contributed by atoms with Crippen LogP contribution in [0.1, 0.15) is 58.4 Å². The number of piperidine rings is 1. The first-order valence-electron chi connectivity index (χ1n) is 11.4. The van der Waals surface area contributed by atoms with Gasteiger partial charge in [-0.25, -0.2) is 4.39 Å². The highest BCUT2D eigenvalue weighted by atomic mass is 19.1. The fourth-order valence-electron chi connectivity index (χ4n) is 4.66. The van der Waals surface area contributed by atoms with Crippen LogP contribution in [0.15, 0.2) is 43.8 Å². The Balaban J connectivity index is 0.000000575. The van der Waals surface area contributed by atoms with Gasteiger partial charge in [-0.05, 0) is 64.7 Å². The summed E-state index contributed by atoms with van der Waals surface area (Å²) in [7, 11) is 2.04. The number of nitrogens with one attached hydrogen (secondary N) is 2. The Hall–Kier alpha value is -2.01. The van der Waals surface area contributed by atoms with Gasteiger partial charge >= 0.3 is 0 Å². The molecule has 2 atom stereocenters. The molecule has 2 aliphatic rings. The number of halogens is 1. The molecular formula is C25H41FN4. The molecule has 2 aliphatic heterocycles. The molecule has 0 aromatic heterocycles. The van der Waals surface area contributed by atoms with Crippen molar-refractivity contribution in [3.05, 3.63) is 49.3 Å². The van der Waals surface area contributed by atoms with E-state index in [2.05, 4.69) is 65.6 Å². The zero-order valence-corrected chi connectivity index (χ0v) is 19.4. The van der Waals surface area contributed by atoms with E-state index in [4.69, 9.17) is 0 Å². The number of hydrogen-bond acceptors (Lipinski definition) is 4. The van der Waals surface area contributed by atoms with E-state index in [9.17, 15) is 0 Å². The van der Waals surface area contributed by atoms with Crippen molar-refractivity contribution in [2.45, 2.75) is 70.6 Å². The molecule has 1 aromatic carbocycles. The van der Waals surface area contributed by atoms with Crippen molar-refractivity contribution in [3.63, 3.8) is 0 Å². The number of anilines is 2. The van der Waals surface area contributed by atoms with E-state index in [0.29, 0.717) is 18.5 Å². The van der Waals surface area contributed by atoms with Gasteiger partial charge in [-0.1, -0.05) is 32.6 Å². The van der Waals surface area contributed by atoms with Gasteiger partial charge in [0.25, 0.3) is 0 Å². The molecule has 0 bridgehead atoms. The van der Waals surface area contributed by atoms with Crippen molar-refractivity contribution in [2.75, 3.05) is 36.5 Å². The van der Waals surface area contributed by atoms with Crippen LogP contribution in [-0.2, 0) is 5.67 Å². The van der Waals surface area contributed by atoms with Gasteiger partial charge in [0.15, 0.2) is 0 Å². The number of alkyl halides is 1. The summed E-state index contributed by atoms with van der Waals surface area (Å²) in [6.45, 7) is 15.8. The lowest BCUT2D eigenvalue weighted by Gasteiger charge is -2.44. The topological polar surface area (TPSA) is 30.5 Å². The van der Waals surface area contributed by atoms with Crippen molar-refractivity contribution < 1.29 is 4.39 Å². The Morgan fingerprint density at radius 1 is 1.20 bits per heavy atom. The van der Waals surface area contributed by atoms with Gasteiger partial charge in [-0.15, -0.1) is 0 Å². The van der Waals surface area contributed by atoms with Crippen molar-refractivity contribution in [3.8, 4) is 0 Å². The Labute approximate surface area is 183 Å². The van der Waals surface area contributed by atoms with Gasteiger partial charge in [0.2, 0.25) is 0 Å². The second-order valence-electron chi connectivity index (χ2n) is 8.57. The van der Waals surface area contributed by atoms with E-state index in [-0.39, 0.29) is 0 Å². The van der Waals surface area contributed by atoms with E-state index in [0.717, 1.165) is 62.3 Å². The molecule has 3 rings (SSSR count). The second-order valence-corrected chi connectivity index (χ2v) is 8.57. The Morgan fingerprint density at radius 2 is 1.83 bits per heavy atom. The van der Waals surface area contributed by atoms with Crippen LogP contribution in [0.4, 0.5) is 15.8 Å². The Bertz CT molecular complexity index is 674. The van der Waals surface area contributed by atoms with Crippen LogP contribution in [0.25, 0.3) is 0 Å². The lowest BCUT2D eigenvalue weighted by atomic mass is 9.85. The average molecular weight is 417 g/mol. The highest BCUT2D eigenvalue weighted by Crippen LogP contribution is 2.47. The van der Waals surface area contributed by atoms with Gasteiger partial charge in [-0.3, -0.25) is 0 Å². The lowest BCUT2D eigenvalue weighted by molar-refractivity contribution is 0.170. The minimum atomic E-state index is -1.24. The molecule has 2 N–H and O–H groups in total. The summed E-state index contributed by atoms with van der Waals surface area (Å²) in [5.74, 6) is 0. The van der Waals surface area contributed by atoms with Crippen LogP contribution in [-0.4, -0.2) is 38.8 Å². The van der Waals surface area contributed by atoms with Gasteiger partial charge in [0.1, 0.15) is 5.67 Å². The normalized spacial score (nSPS) is 22.4. The van der Waals surface area contributed by atoms with Gasteiger partial charge < -0.3 is 20.4 Å². The molecule has 5 heteroatoms. The molecule has 30 heavy (non-hydrogen) atoms. The van der Waals surface area contributed by atoms with Gasteiger partial charge in [0, 0.05) is 55.1 Å². The molecule has 0 spiro atoms. The molecular weight excluding hydrogens is 375 g/mol. The Morgan fingerprint density at radius 3 is 2.37 bits per heavy atom. The number of hydrogen-bond donors (Lipinski definition) is 2. The SMILES string of the molecule is C=CNC=C.CCCC(C)N1CCC(C)(F)c2c(N3CCC(NC)CC3)cccc21. The van der Waals surface area contributed by atoms with E-state index < -0.39 is 5.67 Å². The number of fused-ring (bicyclic) bond motifs is 1. The fourth-order valence-corrected chi connectivity index (χ4v) is 4.66. The van der Waals surface area contributed by atoms with E-state index in [1.807, 2.05) is 7.05 Å². The van der Waals surface area contributed by atoms with Gasteiger partial charge in [-0.2, -0.15) is 0 Å². The highest BCUT2D eigenvalue weighted by molar-refractivity contribution is 5.71. The lowest BCUT2D eigenvalue weighted by Crippen LogP contribution is -2.45. The predicted molar refractivity (Wildman–Crippen MR) is 129 cm³/mol. The van der Waals surface area contributed by atoms with Crippen molar-refractivity contribution in [2.24, 2.45) is 0 Å². The number of benzene rings is 1. The third-order valence-electron chi connectivity index (χ3n) is 6.39. The maximum Gasteiger partial charge on any atom is 0.138 e. The molecule has 0 amide bonds. The second kappa shape index (κ2) is 11.4. The molecule has 0 saturated carbocycles. The van der Waals surface area contributed by atoms with E-state index in [1.165, 1.54) is 0 Å². The fraction of sp³-hybridized carbons (Fsp3) is 0.600. The summed E-state index contributed by atoms with van der Waals surface area (Å²) in [5.41, 5.74) is 1.91. The maximum absolute atomic E-state index is 15.6. The smallest absolute Gasteiger partial charge is 0.138 e. The van der Waals surface area contributed by atoms with Crippen LogP contribution in [0.5, 0.6) is 0 Å². The van der Waals surface area contributed by atoms with E-state index in [1.54, 1.807) is 19.3 Å². The molecule has 1 aromatic rings. The van der Waals surface area contributed by atoms with Crippen LogP contribution in [0.2, 0.25) is 0 Å². The predicted octanol–water partition coefficient (Wildman–Crippen LogP) is 5.32. The summed E-state index contributed by atoms with van der Waals surface area (Å²) in [6, 6.07) is 7.43. The molecule has 1 fully saturated rings.